The van der Waals surface area contributed by atoms with Crippen LogP contribution in [0.3, 0.4) is 0 Å². The Kier molecular flexibility index (Phi) is 7.50. The summed E-state index contributed by atoms with van der Waals surface area (Å²) in [4.78, 5) is 12.7. The molecule has 0 aliphatic heterocycles. The van der Waals surface area contributed by atoms with Crippen molar-refractivity contribution in [2.75, 3.05) is 31.3 Å². The molecule has 2 aromatic rings. The van der Waals surface area contributed by atoms with Crippen molar-refractivity contribution in [1.29, 1.82) is 0 Å². The number of carbonyl (C=O) groups is 1. The summed E-state index contributed by atoms with van der Waals surface area (Å²) < 4.78 is 36.2. The van der Waals surface area contributed by atoms with Gasteiger partial charge in [-0.05, 0) is 43.2 Å². The molecule has 0 aromatic heterocycles. The first-order valence-electron chi connectivity index (χ1n) is 9.25. The van der Waals surface area contributed by atoms with Crippen LogP contribution in [0.1, 0.15) is 30.5 Å². The number of hydrogen-bond acceptors (Lipinski definition) is 5. The molecule has 8 heteroatoms. The number of nitrogens with zero attached hydrogens (tertiary/aromatic N) is 1. The SMILES string of the molecule is CC[C@@H](NC(=O)CN(c1ccc(C)cc1)S(C)(=O)=O)c1ccc(OC)c(OC)c1. The summed E-state index contributed by atoms with van der Waals surface area (Å²) in [5.41, 5.74) is 2.30. The number of methoxy groups -OCH3 is 2. The zero-order chi connectivity index (χ0) is 21.6. The van der Waals surface area contributed by atoms with E-state index in [1.807, 2.05) is 38.1 Å². The van der Waals surface area contributed by atoms with Crippen LogP contribution in [-0.4, -0.2) is 41.3 Å². The first-order chi connectivity index (χ1) is 13.7. The molecule has 1 amide bonds. The van der Waals surface area contributed by atoms with Gasteiger partial charge in [0, 0.05) is 0 Å². The van der Waals surface area contributed by atoms with Crippen molar-refractivity contribution in [1.82, 2.24) is 5.32 Å². The molecule has 2 aromatic carbocycles. The smallest absolute Gasteiger partial charge is 0.241 e. The van der Waals surface area contributed by atoms with Crippen molar-refractivity contribution in [3.8, 4) is 11.5 Å². The molecule has 0 radical (unpaired) electrons. The third-order valence-electron chi connectivity index (χ3n) is 4.56. The van der Waals surface area contributed by atoms with E-state index in [1.165, 1.54) is 0 Å². The number of sulfonamides is 1. The maximum Gasteiger partial charge on any atom is 0.241 e. The summed E-state index contributed by atoms with van der Waals surface area (Å²) in [5, 5.41) is 2.91. The van der Waals surface area contributed by atoms with E-state index in [-0.39, 0.29) is 12.6 Å². The number of benzene rings is 2. The van der Waals surface area contributed by atoms with E-state index < -0.39 is 15.9 Å². The Balaban J connectivity index is 2.20. The molecule has 0 aliphatic rings. The van der Waals surface area contributed by atoms with Crippen LogP contribution >= 0.6 is 0 Å². The zero-order valence-corrected chi connectivity index (χ0v) is 18.2. The average Bonchev–Trinajstić information content (AvgIpc) is 2.69. The van der Waals surface area contributed by atoms with E-state index in [4.69, 9.17) is 9.47 Å². The van der Waals surface area contributed by atoms with Crippen LogP contribution in [0.4, 0.5) is 5.69 Å². The Bertz CT molecular complexity index is 942. The first-order valence-corrected chi connectivity index (χ1v) is 11.1. The van der Waals surface area contributed by atoms with Gasteiger partial charge in [0.05, 0.1) is 32.2 Å². The lowest BCUT2D eigenvalue weighted by Crippen LogP contribution is -2.41. The minimum absolute atomic E-state index is 0.290. The topological polar surface area (TPSA) is 84.9 Å². The van der Waals surface area contributed by atoms with Crippen LogP contribution in [-0.2, 0) is 14.8 Å². The fourth-order valence-electron chi connectivity index (χ4n) is 2.97. The van der Waals surface area contributed by atoms with Gasteiger partial charge in [0.15, 0.2) is 11.5 Å². The molecule has 29 heavy (non-hydrogen) atoms. The van der Waals surface area contributed by atoms with Crippen molar-refractivity contribution >= 4 is 21.6 Å². The molecule has 0 bridgehead atoms. The molecule has 0 spiro atoms. The van der Waals surface area contributed by atoms with Crippen molar-refractivity contribution in [3.63, 3.8) is 0 Å². The monoisotopic (exact) mass is 420 g/mol. The van der Waals surface area contributed by atoms with Gasteiger partial charge in [-0.2, -0.15) is 0 Å². The van der Waals surface area contributed by atoms with Gasteiger partial charge in [0.25, 0.3) is 0 Å². The fraction of sp³-hybridized carbons (Fsp3) is 0.381. The van der Waals surface area contributed by atoms with Gasteiger partial charge in [0.2, 0.25) is 15.9 Å². The molecular weight excluding hydrogens is 392 g/mol. The molecule has 7 nitrogen and oxygen atoms in total. The standard InChI is InChI=1S/C21H28N2O5S/c1-6-18(16-9-12-19(27-3)20(13-16)28-4)22-21(24)14-23(29(5,25)26)17-10-7-15(2)8-11-17/h7-13,18H,6,14H2,1-5H3,(H,22,24)/t18-/m1/s1. The number of anilines is 1. The van der Waals surface area contributed by atoms with Gasteiger partial charge >= 0.3 is 0 Å². The second-order valence-electron chi connectivity index (χ2n) is 6.75. The van der Waals surface area contributed by atoms with Crippen molar-refractivity contribution in [2.24, 2.45) is 0 Å². The van der Waals surface area contributed by atoms with Gasteiger partial charge in [-0.25, -0.2) is 8.42 Å². The average molecular weight is 421 g/mol. The summed E-state index contributed by atoms with van der Waals surface area (Å²) in [6.45, 7) is 3.55. The maximum atomic E-state index is 12.7. The van der Waals surface area contributed by atoms with Gasteiger partial charge in [-0.3, -0.25) is 9.10 Å². The van der Waals surface area contributed by atoms with Crippen LogP contribution < -0.4 is 19.1 Å². The van der Waals surface area contributed by atoms with Gasteiger partial charge in [0.1, 0.15) is 6.54 Å². The molecule has 1 N–H and O–H groups in total. The molecule has 0 heterocycles. The van der Waals surface area contributed by atoms with E-state index in [9.17, 15) is 13.2 Å². The highest BCUT2D eigenvalue weighted by molar-refractivity contribution is 7.92. The third kappa shape index (κ3) is 5.87. The van der Waals surface area contributed by atoms with E-state index >= 15 is 0 Å². The molecule has 1 atom stereocenters. The largest absolute Gasteiger partial charge is 0.493 e. The third-order valence-corrected chi connectivity index (χ3v) is 5.70. The molecule has 2 rings (SSSR count). The Morgan fingerprint density at radius 1 is 1.07 bits per heavy atom. The lowest BCUT2D eigenvalue weighted by molar-refractivity contribution is -0.120. The Hall–Kier alpha value is -2.74. The van der Waals surface area contributed by atoms with Crippen molar-refractivity contribution < 1.29 is 22.7 Å². The number of ether oxygens (including phenoxy) is 2. The predicted molar refractivity (Wildman–Crippen MR) is 114 cm³/mol. The molecule has 0 saturated carbocycles. The van der Waals surface area contributed by atoms with E-state index in [2.05, 4.69) is 5.32 Å². The summed E-state index contributed by atoms with van der Waals surface area (Å²) in [7, 11) is -0.511. The van der Waals surface area contributed by atoms with Gasteiger partial charge in [-0.15, -0.1) is 0 Å². The number of nitrogens with one attached hydrogen (secondary N) is 1. The fourth-order valence-corrected chi connectivity index (χ4v) is 3.83. The van der Waals surface area contributed by atoms with Gasteiger partial charge < -0.3 is 14.8 Å². The summed E-state index contributed by atoms with van der Waals surface area (Å²) in [5.74, 6) is 0.771. The lowest BCUT2D eigenvalue weighted by Gasteiger charge is -2.24. The number of hydrogen-bond donors (Lipinski definition) is 1. The highest BCUT2D eigenvalue weighted by atomic mass is 32.2. The highest BCUT2D eigenvalue weighted by Crippen LogP contribution is 2.31. The Morgan fingerprint density at radius 2 is 1.69 bits per heavy atom. The van der Waals surface area contributed by atoms with E-state index in [0.717, 1.165) is 21.7 Å². The molecule has 0 saturated heterocycles. The molecular formula is C21H28N2O5S. The maximum absolute atomic E-state index is 12.7. The summed E-state index contributed by atoms with van der Waals surface area (Å²) in [6, 6.07) is 12.1. The summed E-state index contributed by atoms with van der Waals surface area (Å²) >= 11 is 0. The zero-order valence-electron chi connectivity index (χ0n) is 17.4. The molecule has 0 unspecified atom stereocenters. The molecule has 158 valence electrons. The molecule has 0 aliphatic carbocycles. The van der Waals surface area contributed by atoms with Gasteiger partial charge in [-0.1, -0.05) is 30.7 Å². The van der Waals surface area contributed by atoms with Crippen LogP contribution in [0, 0.1) is 6.92 Å². The van der Waals surface area contributed by atoms with Crippen LogP contribution in [0.5, 0.6) is 11.5 Å². The quantitative estimate of drug-likeness (QED) is 0.674. The van der Waals surface area contributed by atoms with E-state index in [0.29, 0.717) is 23.6 Å². The van der Waals surface area contributed by atoms with Crippen LogP contribution in [0.2, 0.25) is 0 Å². The van der Waals surface area contributed by atoms with E-state index in [1.54, 1.807) is 32.4 Å². The minimum Gasteiger partial charge on any atom is -0.493 e. The summed E-state index contributed by atoms with van der Waals surface area (Å²) in [6.07, 6.45) is 1.72. The predicted octanol–water partition coefficient (Wildman–Crippen LogP) is 3.05. The Labute approximate surface area is 172 Å². The molecule has 0 fully saturated rings. The van der Waals surface area contributed by atoms with Crippen LogP contribution in [0.25, 0.3) is 0 Å². The van der Waals surface area contributed by atoms with Crippen LogP contribution in [0.15, 0.2) is 42.5 Å². The second kappa shape index (κ2) is 9.65. The first kappa shape index (κ1) is 22.5. The normalized spacial score (nSPS) is 12.2. The lowest BCUT2D eigenvalue weighted by atomic mass is 10.0. The van der Waals surface area contributed by atoms with Crippen molar-refractivity contribution in [3.05, 3.63) is 53.6 Å². The highest BCUT2D eigenvalue weighted by Gasteiger charge is 2.23. The Morgan fingerprint density at radius 3 is 2.21 bits per heavy atom. The number of rotatable bonds is 9. The second-order valence-corrected chi connectivity index (χ2v) is 8.65. The minimum atomic E-state index is -3.62. The number of amides is 1. The number of aryl methyl sites for hydroxylation is 1. The van der Waals surface area contributed by atoms with Crippen molar-refractivity contribution in [2.45, 2.75) is 26.3 Å². The number of carbonyl (C=O) groups excluding carboxylic acids is 1.